The fourth-order valence-electron chi connectivity index (χ4n) is 3.30. The molecule has 0 amide bonds. The Bertz CT molecular complexity index is 510. The Hall–Kier alpha value is -1.63. The average Bonchev–Trinajstić information content (AvgIpc) is 2.54. The molecule has 1 fully saturated rings. The SMILES string of the molecule is CCc1nnc(NC2CCC(CC)CC2)c(C#N)c1CC. The molecule has 4 nitrogen and oxygen atoms in total. The number of nitrogens with one attached hydrogen (secondary N) is 1. The third kappa shape index (κ3) is 3.53. The van der Waals surface area contributed by atoms with Crippen molar-refractivity contribution in [3.8, 4) is 6.07 Å². The Labute approximate surface area is 128 Å². The van der Waals surface area contributed by atoms with E-state index >= 15 is 0 Å². The minimum Gasteiger partial charge on any atom is -0.365 e. The van der Waals surface area contributed by atoms with Gasteiger partial charge in [0.1, 0.15) is 11.6 Å². The molecule has 21 heavy (non-hydrogen) atoms. The highest BCUT2D eigenvalue weighted by atomic mass is 15.2. The summed E-state index contributed by atoms with van der Waals surface area (Å²) in [5, 5.41) is 21.6. The number of nitrogens with zero attached hydrogens (tertiary/aromatic N) is 3. The molecule has 1 aliphatic carbocycles. The number of rotatable bonds is 5. The van der Waals surface area contributed by atoms with Gasteiger partial charge < -0.3 is 5.32 Å². The van der Waals surface area contributed by atoms with Crippen molar-refractivity contribution < 1.29 is 0 Å². The molecule has 1 aromatic heterocycles. The van der Waals surface area contributed by atoms with Crippen LogP contribution in [0.15, 0.2) is 0 Å². The van der Waals surface area contributed by atoms with Crippen molar-refractivity contribution in [3.63, 3.8) is 0 Å². The maximum absolute atomic E-state index is 9.50. The molecule has 0 aliphatic heterocycles. The molecule has 0 atom stereocenters. The molecule has 0 radical (unpaired) electrons. The third-order valence-electron chi connectivity index (χ3n) is 4.72. The van der Waals surface area contributed by atoms with Crippen LogP contribution < -0.4 is 5.32 Å². The molecule has 1 N–H and O–H groups in total. The van der Waals surface area contributed by atoms with Crippen LogP contribution in [-0.2, 0) is 12.8 Å². The van der Waals surface area contributed by atoms with Crippen LogP contribution in [0.5, 0.6) is 0 Å². The first-order valence-electron chi connectivity index (χ1n) is 8.28. The van der Waals surface area contributed by atoms with Crippen LogP contribution in [0.1, 0.15) is 69.7 Å². The first kappa shape index (κ1) is 15.8. The predicted octanol–water partition coefficient (Wildman–Crippen LogP) is 3.85. The summed E-state index contributed by atoms with van der Waals surface area (Å²) < 4.78 is 0. The van der Waals surface area contributed by atoms with E-state index in [1.165, 1.54) is 32.1 Å². The van der Waals surface area contributed by atoms with Crippen molar-refractivity contribution in [2.45, 2.75) is 71.8 Å². The average molecular weight is 286 g/mol. The molecule has 2 rings (SSSR count). The van der Waals surface area contributed by atoms with Crippen molar-refractivity contribution in [1.82, 2.24) is 10.2 Å². The lowest BCUT2D eigenvalue weighted by atomic mass is 9.84. The van der Waals surface area contributed by atoms with E-state index in [4.69, 9.17) is 0 Å². The van der Waals surface area contributed by atoms with Gasteiger partial charge in [0.2, 0.25) is 0 Å². The molecule has 0 aromatic carbocycles. The Balaban J connectivity index is 2.15. The molecule has 0 unspecified atom stereocenters. The summed E-state index contributed by atoms with van der Waals surface area (Å²) in [5.74, 6) is 1.56. The van der Waals surface area contributed by atoms with Gasteiger partial charge in [-0.05, 0) is 50.0 Å². The largest absolute Gasteiger partial charge is 0.365 e. The van der Waals surface area contributed by atoms with Gasteiger partial charge in [-0.1, -0.05) is 27.2 Å². The van der Waals surface area contributed by atoms with Gasteiger partial charge in [-0.3, -0.25) is 0 Å². The van der Waals surface area contributed by atoms with E-state index in [9.17, 15) is 5.26 Å². The van der Waals surface area contributed by atoms with Crippen LogP contribution in [0, 0.1) is 17.2 Å². The summed E-state index contributed by atoms with van der Waals surface area (Å²) in [4.78, 5) is 0. The molecule has 1 saturated carbocycles. The van der Waals surface area contributed by atoms with Crippen molar-refractivity contribution in [1.29, 1.82) is 5.26 Å². The van der Waals surface area contributed by atoms with Crippen LogP contribution in [0.4, 0.5) is 5.82 Å². The summed E-state index contributed by atoms with van der Waals surface area (Å²) in [5.41, 5.74) is 2.70. The van der Waals surface area contributed by atoms with Crippen molar-refractivity contribution >= 4 is 5.82 Å². The molecule has 1 aliphatic rings. The Morgan fingerprint density at radius 2 is 1.81 bits per heavy atom. The van der Waals surface area contributed by atoms with E-state index in [2.05, 4.69) is 42.4 Å². The molecule has 0 saturated heterocycles. The number of anilines is 1. The number of nitriles is 1. The second kappa shape index (κ2) is 7.40. The lowest BCUT2D eigenvalue weighted by molar-refractivity contribution is 0.329. The zero-order valence-corrected chi connectivity index (χ0v) is 13.4. The summed E-state index contributed by atoms with van der Waals surface area (Å²) in [7, 11) is 0. The van der Waals surface area contributed by atoms with Gasteiger partial charge in [-0.25, -0.2) is 0 Å². The maximum Gasteiger partial charge on any atom is 0.167 e. The molecule has 1 heterocycles. The smallest absolute Gasteiger partial charge is 0.167 e. The Morgan fingerprint density at radius 3 is 2.33 bits per heavy atom. The lowest BCUT2D eigenvalue weighted by Gasteiger charge is -2.29. The number of hydrogen-bond donors (Lipinski definition) is 1. The molecule has 4 heteroatoms. The highest BCUT2D eigenvalue weighted by Gasteiger charge is 2.22. The van der Waals surface area contributed by atoms with Crippen molar-refractivity contribution in [3.05, 3.63) is 16.8 Å². The zero-order chi connectivity index (χ0) is 15.2. The summed E-state index contributed by atoms with van der Waals surface area (Å²) >= 11 is 0. The zero-order valence-electron chi connectivity index (χ0n) is 13.4. The monoisotopic (exact) mass is 286 g/mol. The van der Waals surface area contributed by atoms with E-state index < -0.39 is 0 Å². The number of aryl methyl sites for hydroxylation is 1. The van der Waals surface area contributed by atoms with Gasteiger partial charge in [0.05, 0.1) is 5.69 Å². The minimum absolute atomic E-state index is 0.436. The minimum atomic E-state index is 0.436. The van der Waals surface area contributed by atoms with E-state index in [-0.39, 0.29) is 0 Å². The predicted molar refractivity (Wildman–Crippen MR) is 85.2 cm³/mol. The van der Waals surface area contributed by atoms with Crippen LogP contribution in [-0.4, -0.2) is 16.2 Å². The Morgan fingerprint density at radius 1 is 1.10 bits per heavy atom. The quantitative estimate of drug-likeness (QED) is 0.893. The van der Waals surface area contributed by atoms with E-state index in [1.807, 2.05) is 0 Å². The normalized spacial score (nSPS) is 21.8. The first-order valence-corrected chi connectivity index (χ1v) is 8.28. The van der Waals surface area contributed by atoms with Gasteiger partial charge in [0.15, 0.2) is 5.82 Å². The third-order valence-corrected chi connectivity index (χ3v) is 4.72. The topological polar surface area (TPSA) is 61.6 Å². The molecule has 0 spiro atoms. The fraction of sp³-hybridized carbons (Fsp3) is 0.706. The van der Waals surface area contributed by atoms with Crippen LogP contribution >= 0.6 is 0 Å². The van der Waals surface area contributed by atoms with Crippen LogP contribution in [0.25, 0.3) is 0 Å². The Kier molecular flexibility index (Phi) is 5.55. The molecular weight excluding hydrogens is 260 g/mol. The molecule has 0 bridgehead atoms. The second-order valence-corrected chi connectivity index (χ2v) is 5.94. The van der Waals surface area contributed by atoms with E-state index in [0.717, 1.165) is 30.0 Å². The van der Waals surface area contributed by atoms with Gasteiger partial charge in [-0.15, -0.1) is 5.10 Å². The van der Waals surface area contributed by atoms with Crippen LogP contribution in [0.2, 0.25) is 0 Å². The van der Waals surface area contributed by atoms with E-state index in [0.29, 0.717) is 17.4 Å². The molecule has 114 valence electrons. The van der Waals surface area contributed by atoms with Gasteiger partial charge in [-0.2, -0.15) is 10.4 Å². The summed E-state index contributed by atoms with van der Waals surface area (Å²) in [6.07, 6.45) is 7.82. The standard InChI is InChI=1S/C17H26N4/c1-4-12-7-9-13(10-8-12)19-17-15(11-18)14(5-2)16(6-3)20-21-17/h12-13H,4-10H2,1-3H3,(H,19,21). The van der Waals surface area contributed by atoms with Crippen molar-refractivity contribution in [2.75, 3.05) is 5.32 Å². The lowest BCUT2D eigenvalue weighted by Crippen LogP contribution is -2.27. The van der Waals surface area contributed by atoms with E-state index in [1.54, 1.807) is 0 Å². The highest BCUT2D eigenvalue weighted by molar-refractivity contribution is 5.56. The first-order chi connectivity index (χ1) is 10.2. The highest BCUT2D eigenvalue weighted by Crippen LogP contribution is 2.29. The van der Waals surface area contributed by atoms with Gasteiger partial charge >= 0.3 is 0 Å². The summed E-state index contributed by atoms with van der Waals surface area (Å²) in [6.45, 7) is 6.41. The fourth-order valence-corrected chi connectivity index (χ4v) is 3.30. The number of aromatic nitrogens is 2. The van der Waals surface area contributed by atoms with Crippen LogP contribution in [0.3, 0.4) is 0 Å². The molecule has 1 aromatic rings. The van der Waals surface area contributed by atoms with Gasteiger partial charge in [0, 0.05) is 6.04 Å². The van der Waals surface area contributed by atoms with Gasteiger partial charge in [0.25, 0.3) is 0 Å². The number of hydrogen-bond acceptors (Lipinski definition) is 4. The maximum atomic E-state index is 9.50. The second-order valence-electron chi connectivity index (χ2n) is 5.94. The summed E-state index contributed by atoms with van der Waals surface area (Å²) in [6, 6.07) is 2.77. The van der Waals surface area contributed by atoms with Crippen molar-refractivity contribution in [2.24, 2.45) is 5.92 Å². The molecular formula is C17H26N4.